The molecule has 6 N–H and O–H groups in total. The quantitative estimate of drug-likeness (QED) is 0.253. The van der Waals surface area contributed by atoms with Gasteiger partial charge in [-0.2, -0.15) is 5.10 Å². The molecule has 0 fully saturated rings. The number of ketones is 1. The first-order chi connectivity index (χ1) is 9.11. The summed E-state index contributed by atoms with van der Waals surface area (Å²) in [5.41, 5.74) is 13.7. The number of anilines is 2. The van der Waals surface area contributed by atoms with Crippen LogP contribution in [0.4, 0.5) is 11.4 Å². The van der Waals surface area contributed by atoms with Crippen LogP contribution < -0.4 is 17.3 Å². The van der Waals surface area contributed by atoms with Crippen LogP contribution in [0.15, 0.2) is 53.6 Å². The van der Waals surface area contributed by atoms with E-state index in [0.717, 1.165) is 0 Å². The summed E-state index contributed by atoms with van der Waals surface area (Å²) in [6.07, 6.45) is 0. The van der Waals surface area contributed by atoms with Crippen LogP contribution in [0.25, 0.3) is 0 Å². The van der Waals surface area contributed by atoms with Gasteiger partial charge in [-0.1, -0.05) is 12.1 Å². The summed E-state index contributed by atoms with van der Waals surface area (Å²) in [6, 6.07) is 13.4. The molecule has 0 aromatic heterocycles. The van der Waals surface area contributed by atoms with E-state index in [9.17, 15) is 4.79 Å². The molecular weight excluding hydrogens is 240 g/mol. The predicted octanol–water partition coefficient (Wildman–Crippen LogP) is 1.40. The molecule has 96 valence electrons. The maximum absolute atomic E-state index is 12.3. The van der Waals surface area contributed by atoms with Crippen molar-refractivity contribution in [1.29, 1.82) is 0 Å². The lowest BCUT2D eigenvalue weighted by Gasteiger charge is -2.05. The van der Waals surface area contributed by atoms with Crippen molar-refractivity contribution in [3.63, 3.8) is 0 Å². The second kappa shape index (κ2) is 5.22. The van der Waals surface area contributed by atoms with Crippen molar-refractivity contribution in [3.05, 3.63) is 59.7 Å². The number of hydrazone groups is 1. The summed E-state index contributed by atoms with van der Waals surface area (Å²) in [5.74, 6) is 5.07. The number of nitrogens with two attached hydrogens (primary N) is 3. The third-order valence-electron chi connectivity index (χ3n) is 2.70. The molecule has 0 saturated heterocycles. The summed E-state index contributed by atoms with van der Waals surface area (Å²) in [6.45, 7) is 0. The monoisotopic (exact) mass is 254 g/mol. The highest BCUT2D eigenvalue weighted by molar-refractivity contribution is 6.51. The first-order valence-corrected chi connectivity index (χ1v) is 5.66. The smallest absolute Gasteiger partial charge is 0.213 e. The fourth-order valence-corrected chi connectivity index (χ4v) is 1.68. The zero-order chi connectivity index (χ0) is 13.8. The van der Waals surface area contributed by atoms with E-state index in [2.05, 4.69) is 5.10 Å². The molecule has 0 atom stereocenters. The zero-order valence-corrected chi connectivity index (χ0v) is 10.2. The topological polar surface area (TPSA) is 107 Å². The van der Waals surface area contributed by atoms with E-state index >= 15 is 0 Å². The average molecular weight is 254 g/mol. The molecule has 2 aromatic carbocycles. The highest BCUT2D eigenvalue weighted by atomic mass is 16.1. The fraction of sp³-hybridized carbons (Fsp3) is 0. The largest absolute Gasteiger partial charge is 0.399 e. The van der Waals surface area contributed by atoms with Crippen LogP contribution in [0.3, 0.4) is 0 Å². The van der Waals surface area contributed by atoms with Crippen molar-refractivity contribution in [1.82, 2.24) is 0 Å². The number of nitrogen functional groups attached to an aromatic ring is 2. The Morgan fingerprint density at radius 3 is 1.63 bits per heavy atom. The summed E-state index contributed by atoms with van der Waals surface area (Å²) in [7, 11) is 0. The molecular formula is C14H14N4O. The Balaban J connectivity index is 2.35. The van der Waals surface area contributed by atoms with Crippen molar-refractivity contribution in [2.45, 2.75) is 0 Å². The van der Waals surface area contributed by atoms with Gasteiger partial charge in [0.05, 0.1) is 0 Å². The molecule has 0 amide bonds. The van der Waals surface area contributed by atoms with E-state index in [4.69, 9.17) is 17.3 Å². The van der Waals surface area contributed by atoms with E-state index in [1.807, 2.05) is 0 Å². The van der Waals surface area contributed by atoms with Gasteiger partial charge in [0.15, 0.2) is 0 Å². The first-order valence-electron chi connectivity index (χ1n) is 5.66. The summed E-state index contributed by atoms with van der Waals surface area (Å²) in [5, 5.41) is 3.58. The molecule has 0 spiro atoms. The summed E-state index contributed by atoms with van der Waals surface area (Å²) in [4.78, 5) is 12.3. The van der Waals surface area contributed by atoms with Gasteiger partial charge in [-0.3, -0.25) is 4.79 Å². The Morgan fingerprint density at radius 1 is 0.789 bits per heavy atom. The van der Waals surface area contributed by atoms with Crippen LogP contribution in [-0.2, 0) is 0 Å². The number of rotatable bonds is 3. The molecule has 0 heterocycles. The van der Waals surface area contributed by atoms with Gasteiger partial charge in [-0.05, 0) is 36.4 Å². The lowest BCUT2D eigenvalue weighted by atomic mass is 10.0. The number of hydrogen-bond donors (Lipinski definition) is 3. The van der Waals surface area contributed by atoms with Gasteiger partial charge in [0, 0.05) is 22.5 Å². The van der Waals surface area contributed by atoms with Crippen LogP contribution in [0.1, 0.15) is 15.9 Å². The molecule has 19 heavy (non-hydrogen) atoms. The molecule has 0 aliphatic carbocycles. The first kappa shape index (κ1) is 12.6. The Bertz CT molecular complexity index is 615. The van der Waals surface area contributed by atoms with Crippen LogP contribution >= 0.6 is 0 Å². The molecule has 0 radical (unpaired) electrons. The molecule has 2 rings (SSSR count). The Kier molecular flexibility index (Phi) is 3.47. The lowest BCUT2D eigenvalue weighted by Crippen LogP contribution is -2.17. The second-order valence-electron chi connectivity index (χ2n) is 4.05. The van der Waals surface area contributed by atoms with E-state index in [0.29, 0.717) is 22.5 Å². The normalized spacial score (nSPS) is 11.3. The summed E-state index contributed by atoms with van der Waals surface area (Å²) >= 11 is 0. The van der Waals surface area contributed by atoms with E-state index in [1.54, 1.807) is 48.5 Å². The van der Waals surface area contributed by atoms with Gasteiger partial charge in [-0.15, -0.1) is 0 Å². The minimum absolute atomic E-state index is 0.185. The molecule has 0 aliphatic heterocycles. The van der Waals surface area contributed by atoms with Crippen molar-refractivity contribution in [2.75, 3.05) is 11.5 Å². The van der Waals surface area contributed by atoms with Crippen LogP contribution in [-0.4, -0.2) is 11.5 Å². The number of nitrogens with zero attached hydrogens (tertiary/aromatic N) is 1. The highest BCUT2D eigenvalue weighted by Crippen LogP contribution is 2.12. The van der Waals surface area contributed by atoms with Crippen molar-refractivity contribution < 1.29 is 4.79 Å². The number of hydrogen-bond acceptors (Lipinski definition) is 5. The van der Waals surface area contributed by atoms with Gasteiger partial charge in [0.1, 0.15) is 5.71 Å². The second-order valence-corrected chi connectivity index (χ2v) is 4.05. The predicted molar refractivity (Wildman–Crippen MR) is 76.8 cm³/mol. The third kappa shape index (κ3) is 2.71. The molecule has 0 unspecified atom stereocenters. The maximum atomic E-state index is 12.3. The molecule has 0 saturated carbocycles. The van der Waals surface area contributed by atoms with Gasteiger partial charge in [0.25, 0.3) is 0 Å². The number of Topliss-reactive ketones (excluding diaryl/α,β-unsaturated/α-hetero) is 1. The zero-order valence-electron chi connectivity index (χ0n) is 10.2. The Morgan fingerprint density at radius 2 is 1.21 bits per heavy atom. The van der Waals surface area contributed by atoms with E-state index in [-0.39, 0.29) is 11.5 Å². The fourth-order valence-electron chi connectivity index (χ4n) is 1.68. The lowest BCUT2D eigenvalue weighted by molar-refractivity contribution is 0.106. The third-order valence-corrected chi connectivity index (χ3v) is 2.70. The van der Waals surface area contributed by atoms with Crippen LogP contribution in [0, 0.1) is 0 Å². The van der Waals surface area contributed by atoms with Crippen LogP contribution in [0.5, 0.6) is 0 Å². The van der Waals surface area contributed by atoms with Crippen molar-refractivity contribution in [3.8, 4) is 0 Å². The summed E-state index contributed by atoms with van der Waals surface area (Å²) < 4.78 is 0. The standard InChI is InChI=1S/C14H14N4O/c15-11-5-1-9(2-6-11)13(18-17)14(19)10-3-7-12(16)8-4-10/h1-8H,15-17H2/b18-13+. The van der Waals surface area contributed by atoms with E-state index in [1.165, 1.54) is 0 Å². The minimum atomic E-state index is -0.257. The Hall–Kier alpha value is -2.82. The highest BCUT2D eigenvalue weighted by Gasteiger charge is 2.15. The van der Waals surface area contributed by atoms with Crippen molar-refractivity contribution in [2.24, 2.45) is 10.9 Å². The van der Waals surface area contributed by atoms with Gasteiger partial charge >= 0.3 is 0 Å². The molecule has 0 bridgehead atoms. The van der Waals surface area contributed by atoms with Gasteiger partial charge in [-0.25, -0.2) is 0 Å². The number of carbonyl (C=O) groups is 1. The number of carbonyl (C=O) groups excluding carboxylic acids is 1. The molecule has 0 aliphatic rings. The maximum Gasteiger partial charge on any atom is 0.213 e. The van der Waals surface area contributed by atoms with Gasteiger partial charge in [0.2, 0.25) is 5.78 Å². The van der Waals surface area contributed by atoms with Crippen LogP contribution in [0.2, 0.25) is 0 Å². The SMILES string of the molecule is N/N=C(/C(=O)c1ccc(N)cc1)c1ccc(N)cc1. The molecule has 5 nitrogen and oxygen atoms in total. The van der Waals surface area contributed by atoms with Crippen molar-refractivity contribution >= 4 is 22.9 Å². The van der Waals surface area contributed by atoms with Gasteiger partial charge < -0.3 is 17.3 Å². The molecule has 5 heteroatoms. The molecule has 2 aromatic rings. The Labute approximate surface area is 110 Å². The number of benzene rings is 2. The van der Waals surface area contributed by atoms with E-state index < -0.39 is 0 Å². The minimum Gasteiger partial charge on any atom is -0.399 e. The average Bonchev–Trinajstić information content (AvgIpc) is 2.42.